The second-order valence-electron chi connectivity index (χ2n) is 6.74. The summed E-state index contributed by atoms with van der Waals surface area (Å²) in [6.45, 7) is 3.03. The zero-order valence-corrected chi connectivity index (χ0v) is 15.3. The number of hydrogen-bond acceptors (Lipinski definition) is 6. The van der Waals surface area contributed by atoms with Gasteiger partial charge in [0, 0.05) is 17.7 Å². The summed E-state index contributed by atoms with van der Waals surface area (Å²) in [6.07, 6.45) is -0.925. The average molecular weight is 382 g/mol. The normalized spacial score (nSPS) is 16.4. The Bertz CT molecular complexity index is 969. The zero-order chi connectivity index (χ0) is 20.4. The second kappa shape index (κ2) is 7.59. The van der Waals surface area contributed by atoms with Gasteiger partial charge in [-0.25, -0.2) is 0 Å². The molecule has 28 heavy (non-hydrogen) atoms. The minimum absolute atomic E-state index is 0.0503. The molecule has 1 atom stereocenters. The Morgan fingerprint density at radius 1 is 1.18 bits per heavy atom. The van der Waals surface area contributed by atoms with E-state index in [9.17, 15) is 24.5 Å². The number of nitrogens with zero attached hydrogens (tertiary/aromatic N) is 2. The van der Waals surface area contributed by atoms with Crippen LogP contribution in [0.4, 0.5) is 5.69 Å². The molecule has 1 aliphatic rings. The topological polar surface area (TPSA) is 107 Å². The predicted octanol–water partition coefficient (Wildman–Crippen LogP) is 2.86. The molecule has 144 valence electrons. The first kappa shape index (κ1) is 19.2. The molecule has 0 aliphatic carbocycles. The summed E-state index contributed by atoms with van der Waals surface area (Å²) in [5.74, 6) is -1.78. The van der Waals surface area contributed by atoms with Crippen LogP contribution in [0.1, 0.15) is 34.6 Å². The second-order valence-corrected chi connectivity index (χ2v) is 6.74. The number of Topliss-reactive ketones (excluding diaryl/α,β-unsaturated/α-hetero) is 1. The summed E-state index contributed by atoms with van der Waals surface area (Å²) in [5, 5.41) is 10.9. The quantitative estimate of drug-likeness (QED) is 0.341. The van der Waals surface area contributed by atoms with Crippen LogP contribution in [0.15, 0.2) is 48.5 Å². The molecule has 1 heterocycles. The van der Waals surface area contributed by atoms with Gasteiger partial charge in [0.2, 0.25) is 0 Å². The summed E-state index contributed by atoms with van der Waals surface area (Å²) < 4.78 is 5.76. The molecule has 2 aromatic carbocycles. The van der Waals surface area contributed by atoms with Gasteiger partial charge >= 0.3 is 0 Å². The van der Waals surface area contributed by atoms with Crippen LogP contribution in [-0.4, -0.2) is 40.1 Å². The molecule has 0 radical (unpaired) electrons. The number of benzene rings is 2. The number of fused-ring (bicyclic) bond motifs is 1. The van der Waals surface area contributed by atoms with E-state index in [0.717, 1.165) is 11.0 Å². The first-order valence-corrected chi connectivity index (χ1v) is 8.68. The fraction of sp³-hybridized carbons (Fsp3) is 0.250. The van der Waals surface area contributed by atoms with Crippen LogP contribution in [0, 0.1) is 16.0 Å². The van der Waals surface area contributed by atoms with Gasteiger partial charge in [0.05, 0.1) is 17.0 Å². The molecule has 2 aromatic rings. The zero-order valence-electron chi connectivity index (χ0n) is 15.3. The van der Waals surface area contributed by atoms with E-state index in [1.807, 2.05) is 0 Å². The van der Waals surface area contributed by atoms with Crippen molar-refractivity contribution < 1.29 is 24.0 Å². The number of ether oxygens (including phenoxy) is 1. The average Bonchev–Trinajstić information content (AvgIpc) is 2.78. The summed E-state index contributed by atoms with van der Waals surface area (Å²) in [7, 11) is 0. The number of carbonyl (C=O) groups excluding carboxylic acids is 3. The lowest BCUT2D eigenvalue weighted by Gasteiger charge is -2.24. The third-order valence-corrected chi connectivity index (χ3v) is 4.41. The fourth-order valence-corrected chi connectivity index (χ4v) is 2.93. The number of nitro groups is 1. The molecule has 0 bridgehead atoms. The van der Waals surface area contributed by atoms with Gasteiger partial charge in [-0.15, -0.1) is 0 Å². The van der Waals surface area contributed by atoms with Gasteiger partial charge in [-0.05, 0) is 18.1 Å². The maximum absolute atomic E-state index is 12.9. The molecule has 0 saturated heterocycles. The number of non-ortho nitro benzene ring substituents is 1. The van der Waals surface area contributed by atoms with E-state index in [4.69, 9.17) is 4.74 Å². The molecule has 0 fully saturated rings. The van der Waals surface area contributed by atoms with Crippen molar-refractivity contribution in [3.63, 3.8) is 0 Å². The first-order valence-electron chi connectivity index (χ1n) is 8.68. The summed E-state index contributed by atoms with van der Waals surface area (Å²) >= 11 is 0. The highest BCUT2D eigenvalue weighted by atomic mass is 16.6. The Labute approximate surface area is 160 Å². The monoisotopic (exact) mass is 382 g/mol. The van der Waals surface area contributed by atoms with Crippen molar-refractivity contribution in [1.82, 2.24) is 4.90 Å². The summed E-state index contributed by atoms with van der Waals surface area (Å²) in [5.41, 5.74) is -0.00621. The number of carbonyl (C=O) groups is 3. The van der Waals surface area contributed by atoms with E-state index in [0.29, 0.717) is 0 Å². The number of para-hydroxylation sites is 1. The Kier molecular flexibility index (Phi) is 5.21. The molecule has 1 aliphatic heterocycles. The number of ketones is 1. The number of hydrogen-bond donors (Lipinski definition) is 0. The highest BCUT2D eigenvalue weighted by Crippen LogP contribution is 2.28. The SMILES string of the molecule is CC(C)[C@H]1Oc2ccccc2C(=O)N(CC(=O)c2cccc([N+](=O)[O-])c2)C1=O. The molecule has 8 nitrogen and oxygen atoms in total. The summed E-state index contributed by atoms with van der Waals surface area (Å²) in [4.78, 5) is 49.7. The fourth-order valence-electron chi connectivity index (χ4n) is 2.93. The molecule has 0 N–H and O–H groups in total. The molecule has 3 rings (SSSR count). The minimum atomic E-state index is -0.925. The molecule has 8 heteroatoms. The van der Waals surface area contributed by atoms with E-state index in [-0.39, 0.29) is 28.5 Å². The molecule has 2 amide bonds. The minimum Gasteiger partial charge on any atom is -0.479 e. The van der Waals surface area contributed by atoms with Crippen LogP contribution >= 0.6 is 0 Å². The van der Waals surface area contributed by atoms with Gasteiger partial charge in [0.1, 0.15) is 5.75 Å². The van der Waals surface area contributed by atoms with Crippen molar-refractivity contribution in [2.45, 2.75) is 20.0 Å². The Hall–Kier alpha value is -3.55. The van der Waals surface area contributed by atoms with Crippen LogP contribution in [0.2, 0.25) is 0 Å². The molecule has 0 aromatic heterocycles. The van der Waals surface area contributed by atoms with E-state index in [1.165, 1.54) is 24.3 Å². The largest absolute Gasteiger partial charge is 0.479 e. The van der Waals surface area contributed by atoms with Crippen LogP contribution in [-0.2, 0) is 4.79 Å². The standard InChI is InChI=1S/C20H18N2O6/c1-12(2)18-20(25)21(19(24)15-8-3-4-9-17(15)28-18)11-16(23)13-6-5-7-14(10-13)22(26)27/h3-10,12,18H,11H2,1-2H3/t18-/m1/s1. The van der Waals surface area contributed by atoms with Crippen LogP contribution in [0.3, 0.4) is 0 Å². The number of nitro benzene ring substituents is 1. The Morgan fingerprint density at radius 2 is 1.89 bits per heavy atom. The molecular formula is C20H18N2O6. The Balaban J connectivity index is 1.96. The number of rotatable bonds is 5. The van der Waals surface area contributed by atoms with E-state index >= 15 is 0 Å². The van der Waals surface area contributed by atoms with Crippen LogP contribution in [0.25, 0.3) is 0 Å². The van der Waals surface area contributed by atoms with Crippen molar-refractivity contribution in [2.24, 2.45) is 5.92 Å². The summed E-state index contributed by atoms with van der Waals surface area (Å²) in [6, 6.07) is 11.6. The van der Waals surface area contributed by atoms with Crippen molar-refractivity contribution in [3.05, 3.63) is 69.8 Å². The van der Waals surface area contributed by atoms with Gasteiger partial charge in [-0.3, -0.25) is 29.4 Å². The van der Waals surface area contributed by atoms with Crippen LogP contribution in [0.5, 0.6) is 5.75 Å². The van der Waals surface area contributed by atoms with Gasteiger partial charge < -0.3 is 4.74 Å². The molecular weight excluding hydrogens is 364 g/mol. The van der Waals surface area contributed by atoms with Gasteiger partial charge in [-0.1, -0.05) is 38.1 Å². The third-order valence-electron chi connectivity index (χ3n) is 4.41. The number of imide groups is 1. The lowest BCUT2D eigenvalue weighted by molar-refractivity contribution is -0.384. The maximum Gasteiger partial charge on any atom is 0.271 e. The van der Waals surface area contributed by atoms with Gasteiger partial charge in [-0.2, -0.15) is 0 Å². The first-order chi connectivity index (χ1) is 13.3. The van der Waals surface area contributed by atoms with Crippen molar-refractivity contribution in [3.8, 4) is 5.75 Å². The van der Waals surface area contributed by atoms with E-state index in [2.05, 4.69) is 0 Å². The van der Waals surface area contributed by atoms with Crippen molar-refractivity contribution >= 4 is 23.3 Å². The van der Waals surface area contributed by atoms with E-state index in [1.54, 1.807) is 32.0 Å². The lowest BCUT2D eigenvalue weighted by atomic mass is 10.0. The Morgan fingerprint density at radius 3 is 2.57 bits per heavy atom. The predicted molar refractivity (Wildman–Crippen MR) is 99.2 cm³/mol. The molecule has 0 spiro atoms. The smallest absolute Gasteiger partial charge is 0.271 e. The lowest BCUT2D eigenvalue weighted by Crippen LogP contribution is -2.47. The van der Waals surface area contributed by atoms with Gasteiger partial charge in [0.25, 0.3) is 17.5 Å². The highest BCUT2D eigenvalue weighted by Gasteiger charge is 2.38. The van der Waals surface area contributed by atoms with Crippen molar-refractivity contribution in [1.29, 1.82) is 0 Å². The van der Waals surface area contributed by atoms with E-state index < -0.39 is 35.2 Å². The molecule has 0 saturated carbocycles. The highest BCUT2D eigenvalue weighted by molar-refractivity contribution is 6.12. The van der Waals surface area contributed by atoms with Crippen LogP contribution < -0.4 is 4.74 Å². The third kappa shape index (κ3) is 3.62. The number of amides is 2. The maximum atomic E-state index is 12.9. The van der Waals surface area contributed by atoms with Gasteiger partial charge in [0.15, 0.2) is 11.9 Å². The van der Waals surface area contributed by atoms with Crippen molar-refractivity contribution in [2.75, 3.05) is 6.54 Å². The molecule has 0 unspecified atom stereocenters.